The van der Waals surface area contributed by atoms with Crippen LogP contribution in [0.4, 0.5) is 5.69 Å². The van der Waals surface area contributed by atoms with E-state index in [0.29, 0.717) is 12.6 Å². The first-order valence-electron chi connectivity index (χ1n) is 7.10. The number of nitrogens with two attached hydrogens (primary N) is 1. The highest BCUT2D eigenvalue weighted by Gasteiger charge is 2.22. The summed E-state index contributed by atoms with van der Waals surface area (Å²) in [5.74, 6) is 0. The van der Waals surface area contributed by atoms with Crippen LogP contribution in [0.15, 0.2) is 18.2 Å². The average molecular weight is 283 g/mol. The maximum Gasteiger partial charge on any atom is 0.0750 e. The first-order valence-corrected chi connectivity index (χ1v) is 7.48. The van der Waals surface area contributed by atoms with Crippen LogP contribution in [0.1, 0.15) is 31.7 Å². The second kappa shape index (κ2) is 7.13. The summed E-state index contributed by atoms with van der Waals surface area (Å²) in [5.41, 5.74) is 8.04. The molecule has 1 fully saturated rings. The molecule has 0 bridgehead atoms. The number of piperidine rings is 1. The predicted octanol–water partition coefficient (Wildman–Crippen LogP) is 3.19. The maximum atomic E-state index is 6.23. The number of benzene rings is 1. The zero-order valence-electron chi connectivity index (χ0n) is 11.6. The van der Waals surface area contributed by atoms with E-state index in [1.807, 2.05) is 12.1 Å². The van der Waals surface area contributed by atoms with Crippen LogP contribution in [0.2, 0.25) is 5.02 Å². The van der Waals surface area contributed by atoms with Gasteiger partial charge in [-0.15, -0.1) is 0 Å². The van der Waals surface area contributed by atoms with Gasteiger partial charge in [0.15, 0.2) is 0 Å². The number of nitrogens with zero attached hydrogens (tertiary/aromatic N) is 1. The number of ether oxygens (including phenoxy) is 1. The Morgan fingerprint density at radius 3 is 3.05 bits per heavy atom. The molecule has 19 heavy (non-hydrogen) atoms. The van der Waals surface area contributed by atoms with Gasteiger partial charge in [0, 0.05) is 42.5 Å². The Morgan fingerprint density at radius 1 is 1.47 bits per heavy atom. The van der Waals surface area contributed by atoms with Crippen molar-refractivity contribution in [3.63, 3.8) is 0 Å². The Labute approximate surface area is 120 Å². The molecule has 1 aromatic carbocycles. The molecule has 0 radical (unpaired) electrons. The highest BCUT2D eigenvalue weighted by molar-refractivity contribution is 6.31. The van der Waals surface area contributed by atoms with Crippen LogP contribution in [-0.2, 0) is 11.3 Å². The van der Waals surface area contributed by atoms with E-state index in [0.717, 1.165) is 49.5 Å². The minimum atomic E-state index is 0.332. The van der Waals surface area contributed by atoms with Crippen LogP contribution in [0.3, 0.4) is 0 Å². The average Bonchev–Trinajstić information content (AvgIpc) is 2.45. The van der Waals surface area contributed by atoms with Gasteiger partial charge in [0.25, 0.3) is 0 Å². The molecule has 0 aromatic heterocycles. The van der Waals surface area contributed by atoms with Gasteiger partial charge in [-0.2, -0.15) is 0 Å². The van der Waals surface area contributed by atoms with Crippen molar-refractivity contribution in [3.8, 4) is 0 Å². The van der Waals surface area contributed by atoms with E-state index in [9.17, 15) is 0 Å². The fourth-order valence-electron chi connectivity index (χ4n) is 2.62. The van der Waals surface area contributed by atoms with Crippen molar-refractivity contribution in [2.45, 2.75) is 38.8 Å². The van der Waals surface area contributed by atoms with Crippen molar-refractivity contribution in [2.24, 2.45) is 5.73 Å². The van der Waals surface area contributed by atoms with E-state index in [-0.39, 0.29) is 0 Å². The van der Waals surface area contributed by atoms with Gasteiger partial charge in [0.05, 0.1) is 6.10 Å². The normalized spacial score (nSPS) is 19.7. The molecular formula is C15H23ClN2O. The Bertz CT molecular complexity index is 411. The number of hydrogen-bond acceptors (Lipinski definition) is 3. The van der Waals surface area contributed by atoms with Gasteiger partial charge in [-0.25, -0.2) is 0 Å². The van der Waals surface area contributed by atoms with Gasteiger partial charge in [0.2, 0.25) is 0 Å². The minimum absolute atomic E-state index is 0.332. The highest BCUT2D eigenvalue weighted by atomic mass is 35.5. The maximum absolute atomic E-state index is 6.23. The number of halogens is 1. The molecule has 2 rings (SSSR count). The van der Waals surface area contributed by atoms with Crippen molar-refractivity contribution < 1.29 is 4.74 Å². The Balaban J connectivity index is 2.10. The van der Waals surface area contributed by atoms with E-state index in [2.05, 4.69) is 17.9 Å². The third-order valence-electron chi connectivity index (χ3n) is 3.57. The van der Waals surface area contributed by atoms with Crippen LogP contribution in [-0.4, -0.2) is 25.8 Å². The van der Waals surface area contributed by atoms with E-state index in [1.165, 1.54) is 5.69 Å². The molecule has 106 valence electrons. The lowest BCUT2D eigenvalue weighted by Crippen LogP contribution is -2.40. The molecule has 1 unspecified atom stereocenters. The largest absolute Gasteiger partial charge is 0.376 e. The second-order valence-corrected chi connectivity index (χ2v) is 5.43. The fraction of sp³-hybridized carbons (Fsp3) is 0.600. The van der Waals surface area contributed by atoms with Crippen molar-refractivity contribution in [3.05, 3.63) is 28.8 Å². The highest BCUT2D eigenvalue weighted by Crippen LogP contribution is 2.29. The predicted molar refractivity (Wildman–Crippen MR) is 80.8 cm³/mol. The van der Waals surface area contributed by atoms with Crippen molar-refractivity contribution in [2.75, 3.05) is 24.6 Å². The van der Waals surface area contributed by atoms with E-state index in [4.69, 9.17) is 22.1 Å². The van der Waals surface area contributed by atoms with Crippen molar-refractivity contribution in [1.29, 1.82) is 0 Å². The molecule has 3 nitrogen and oxygen atoms in total. The van der Waals surface area contributed by atoms with E-state index < -0.39 is 0 Å². The van der Waals surface area contributed by atoms with Gasteiger partial charge in [-0.3, -0.25) is 0 Å². The van der Waals surface area contributed by atoms with Crippen molar-refractivity contribution >= 4 is 17.3 Å². The topological polar surface area (TPSA) is 38.5 Å². The zero-order valence-corrected chi connectivity index (χ0v) is 12.3. The van der Waals surface area contributed by atoms with Crippen molar-refractivity contribution in [1.82, 2.24) is 0 Å². The van der Waals surface area contributed by atoms with Crippen LogP contribution in [0, 0.1) is 0 Å². The summed E-state index contributed by atoms with van der Waals surface area (Å²) < 4.78 is 5.88. The smallest absolute Gasteiger partial charge is 0.0750 e. The first-order chi connectivity index (χ1) is 9.26. The fourth-order valence-corrected chi connectivity index (χ4v) is 2.87. The summed E-state index contributed by atoms with van der Waals surface area (Å²) in [6.45, 7) is 5.46. The summed E-state index contributed by atoms with van der Waals surface area (Å²) in [7, 11) is 0. The molecule has 1 atom stereocenters. The molecule has 1 aliphatic heterocycles. The van der Waals surface area contributed by atoms with Crippen LogP contribution in [0.25, 0.3) is 0 Å². The van der Waals surface area contributed by atoms with Gasteiger partial charge in [-0.05, 0) is 31.4 Å². The summed E-state index contributed by atoms with van der Waals surface area (Å²) in [6.07, 6.45) is 3.71. The third-order valence-corrected chi connectivity index (χ3v) is 3.93. The van der Waals surface area contributed by atoms with Crippen LogP contribution < -0.4 is 10.6 Å². The zero-order chi connectivity index (χ0) is 13.7. The lowest BCUT2D eigenvalue weighted by Gasteiger charge is -2.35. The molecule has 0 spiro atoms. The monoisotopic (exact) mass is 282 g/mol. The number of rotatable bonds is 5. The lowest BCUT2D eigenvalue weighted by atomic mass is 10.0. The molecule has 1 saturated heterocycles. The molecular weight excluding hydrogens is 260 g/mol. The summed E-state index contributed by atoms with van der Waals surface area (Å²) in [5, 5.41) is 0.761. The molecule has 2 N–H and O–H groups in total. The third kappa shape index (κ3) is 3.62. The van der Waals surface area contributed by atoms with Crippen LogP contribution >= 0.6 is 11.6 Å². The van der Waals surface area contributed by atoms with Gasteiger partial charge < -0.3 is 15.4 Å². The molecule has 1 aromatic rings. The number of hydrogen-bond donors (Lipinski definition) is 1. The quantitative estimate of drug-likeness (QED) is 0.901. The molecule has 0 aliphatic carbocycles. The van der Waals surface area contributed by atoms with Crippen LogP contribution in [0.5, 0.6) is 0 Å². The number of anilines is 1. The van der Waals surface area contributed by atoms with Gasteiger partial charge in [0.1, 0.15) is 0 Å². The molecule has 4 heteroatoms. The second-order valence-electron chi connectivity index (χ2n) is 5.02. The summed E-state index contributed by atoms with van der Waals surface area (Å²) >= 11 is 6.23. The standard InChI is InChI=1S/C15H23ClN2O/c1-2-9-19-12-5-4-8-18(11-12)15-7-3-6-14(16)13(15)10-17/h3,6-7,12H,2,4-5,8-11,17H2,1H3. The van der Waals surface area contributed by atoms with Gasteiger partial charge >= 0.3 is 0 Å². The minimum Gasteiger partial charge on any atom is -0.376 e. The SMILES string of the molecule is CCCOC1CCCN(c2cccc(Cl)c2CN)C1. The Kier molecular flexibility index (Phi) is 5.49. The van der Waals surface area contributed by atoms with E-state index in [1.54, 1.807) is 0 Å². The Morgan fingerprint density at radius 2 is 2.32 bits per heavy atom. The first kappa shape index (κ1) is 14.6. The molecule has 1 aliphatic rings. The summed E-state index contributed by atoms with van der Waals surface area (Å²) in [4.78, 5) is 2.36. The Hall–Kier alpha value is -0.770. The molecule has 0 amide bonds. The lowest BCUT2D eigenvalue weighted by molar-refractivity contribution is 0.0440. The van der Waals surface area contributed by atoms with E-state index >= 15 is 0 Å². The summed E-state index contributed by atoms with van der Waals surface area (Å²) in [6, 6.07) is 6.01. The molecule has 0 saturated carbocycles. The van der Waals surface area contributed by atoms with Gasteiger partial charge in [-0.1, -0.05) is 24.6 Å². The molecule has 1 heterocycles.